The Morgan fingerprint density at radius 1 is 1.23 bits per heavy atom. The molecule has 1 N–H and O–H groups in total. The van der Waals surface area contributed by atoms with Crippen molar-refractivity contribution in [2.45, 2.75) is 6.42 Å². The molecule has 0 saturated carbocycles. The average molecular weight is 283 g/mol. The lowest BCUT2D eigenvalue weighted by Gasteiger charge is -2.03. The van der Waals surface area contributed by atoms with Crippen LogP contribution in [0, 0.1) is 0 Å². The van der Waals surface area contributed by atoms with E-state index in [1.54, 1.807) is 0 Å². The Labute approximate surface area is 96.6 Å². The second-order valence-electron chi connectivity index (χ2n) is 2.63. The molecule has 72 valence electrons. The van der Waals surface area contributed by atoms with Gasteiger partial charge in [-0.2, -0.15) is 0 Å². The number of hydrogen-bond donors (Lipinski definition) is 1. The number of nitrogens with one attached hydrogen (secondary N) is 1. The van der Waals surface area contributed by atoms with Gasteiger partial charge in [0.25, 0.3) is 0 Å². The van der Waals surface area contributed by atoms with Gasteiger partial charge in [-0.05, 0) is 30.7 Å². The van der Waals surface area contributed by atoms with E-state index in [1.807, 2.05) is 18.2 Å². The van der Waals surface area contributed by atoms with E-state index in [9.17, 15) is 0 Å². The smallest absolute Gasteiger partial charge is 0.0595 e. The molecule has 0 spiro atoms. The Morgan fingerprint density at radius 2 is 2.00 bits per heavy atom. The Kier molecular flexibility index (Phi) is 5.10. The van der Waals surface area contributed by atoms with Crippen molar-refractivity contribution in [2.75, 3.05) is 12.0 Å². The third kappa shape index (κ3) is 3.86. The highest BCUT2D eigenvalue weighted by molar-refractivity contribution is 9.09. The van der Waals surface area contributed by atoms with Crippen LogP contribution in [0.3, 0.4) is 0 Å². The summed E-state index contributed by atoms with van der Waals surface area (Å²) in [7, 11) is 0. The molecule has 0 aliphatic rings. The van der Waals surface area contributed by atoms with Crippen LogP contribution < -0.4 is 5.32 Å². The summed E-state index contributed by atoms with van der Waals surface area (Å²) in [5, 5.41) is 4.40. The first-order valence-electron chi connectivity index (χ1n) is 3.94. The van der Waals surface area contributed by atoms with Gasteiger partial charge in [0.15, 0.2) is 0 Å². The fourth-order valence-corrected chi connectivity index (χ4v) is 1.60. The van der Waals surface area contributed by atoms with Gasteiger partial charge in [-0.25, -0.2) is 0 Å². The summed E-state index contributed by atoms with van der Waals surface area (Å²) < 4.78 is 0. The quantitative estimate of drug-likeness (QED) is 0.507. The van der Waals surface area contributed by atoms with Crippen molar-refractivity contribution in [2.24, 2.45) is 0 Å². The molecule has 0 unspecified atom stereocenters. The van der Waals surface area contributed by atoms with Gasteiger partial charge in [-0.15, -0.1) is 0 Å². The summed E-state index contributed by atoms with van der Waals surface area (Å²) in [6.07, 6.45) is 0.961. The minimum Gasteiger partial charge on any atom is -0.307 e. The minimum absolute atomic E-state index is 0.610. The van der Waals surface area contributed by atoms with Gasteiger partial charge in [0, 0.05) is 0 Å². The molecule has 0 fully saturated rings. The fourth-order valence-electron chi connectivity index (χ4n) is 0.995. The maximum absolute atomic E-state index is 5.87. The molecule has 0 aliphatic carbocycles. The highest BCUT2D eigenvalue weighted by atomic mass is 79.9. The van der Waals surface area contributed by atoms with Gasteiger partial charge in [-0.1, -0.05) is 45.2 Å². The molecule has 0 saturated heterocycles. The molecule has 1 rings (SSSR count). The summed E-state index contributed by atoms with van der Waals surface area (Å²) in [5.74, 6) is 0. The van der Waals surface area contributed by atoms with Crippen molar-refractivity contribution in [1.29, 1.82) is 0 Å². The van der Waals surface area contributed by atoms with E-state index in [2.05, 4.69) is 21.2 Å². The summed E-state index contributed by atoms with van der Waals surface area (Å²) in [6.45, 7) is 0.934. The van der Waals surface area contributed by atoms with Crippen LogP contribution >= 0.6 is 39.1 Å². The van der Waals surface area contributed by atoms with E-state index in [0.717, 1.165) is 18.4 Å². The van der Waals surface area contributed by atoms with Crippen LogP contribution in [0.1, 0.15) is 5.56 Å². The van der Waals surface area contributed by atoms with Crippen LogP contribution in [0.2, 0.25) is 10.0 Å². The van der Waals surface area contributed by atoms with Gasteiger partial charge >= 0.3 is 0 Å². The van der Waals surface area contributed by atoms with Crippen molar-refractivity contribution >= 4 is 39.1 Å². The normalized spacial score (nSPS) is 10.4. The second-order valence-corrected chi connectivity index (χ2v) is 4.01. The molecular weight excluding hydrogens is 273 g/mol. The zero-order valence-electron chi connectivity index (χ0n) is 6.99. The molecule has 0 aromatic heterocycles. The summed E-state index contributed by atoms with van der Waals surface area (Å²) in [4.78, 5) is 0. The topological polar surface area (TPSA) is 12.0 Å². The van der Waals surface area contributed by atoms with Crippen molar-refractivity contribution in [3.8, 4) is 0 Å². The van der Waals surface area contributed by atoms with E-state index in [0.29, 0.717) is 10.0 Å². The summed E-state index contributed by atoms with van der Waals surface area (Å²) >= 11 is 14.9. The zero-order valence-corrected chi connectivity index (χ0v) is 10.1. The second kappa shape index (κ2) is 5.86. The van der Waals surface area contributed by atoms with Crippen molar-refractivity contribution < 1.29 is 0 Å². The first-order chi connectivity index (χ1) is 6.24. The van der Waals surface area contributed by atoms with Gasteiger partial charge in [0.2, 0.25) is 0 Å². The summed E-state index contributed by atoms with van der Waals surface area (Å²) in [6, 6.07) is 5.72. The number of halogens is 3. The maximum Gasteiger partial charge on any atom is 0.0595 e. The Morgan fingerprint density at radius 3 is 2.62 bits per heavy atom. The highest BCUT2D eigenvalue weighted by Crippen LogP contribution is 2.22. The number of rotatable bonds is 4. The van der Waals surface area contributed by atoms with Gasteiger partial charge in [0.1, 0.15) is 0 Å². The van der Waals surface area contributed by atoms with E-state index >= 15 is 0 Å². The molecule has 1 aromatic rings. The lowest BCUT2D eigenvalue weighted by Crippen LogP contribution is -2.14. The average Bonchev–Trinajstić information content (AvgIpc) is 2.12. The SMILES string of the molecule is Clc1ccc(CCNCBr)cc1Cl. The fraction of sp³-hybridized carbons (Fsp3) is 0.333. The molecule has 0 amide bonds. The highest BCUT2D eigenvalue weighted by Gasteiger charge is 1.98. The van der Waals surface area contributed by atoms with Crippen LogP contribution in [0.4, 0.5) is 0 Å². The predicted octanol–water partition coefficient (Wildman–Crippen LogP) is 3.48. The van der Waals surface area contributed by atoms with E-state index in [4.69, 9.17) is 23.2 Å². The van der Waals surface area contributed by atoms with Crippen molar-refractivity contribution in [3.63, 3.8) is 0 Å². The minimum atomic E-state index is 0.610. The Balaban J connectivity index is 2.53. The van der Waals surface area contributed by atoms with Crippen LogP contribution in [-0.4, -0.2) is 12.0 Å². The molecule has 0 radical (unpaired) electrons. The third-order valence-corrected chi connectivity index (χ3v) is 2.80. The molecule has 4 heteroatoms. The van der Waals surface area contributed by atoms with Crippen LogP contribution in [0.25, 0.3) is 0 Å². The molecular formula is C9H10BrCl2N. The molecule has 1 aromatic carbocycles. The zero-order chi connectivity index (χ0) is 9.68. The molecule has 13 heavy (non-hydrogen) atoms. The lowest BCUT2D eigenvalue weighted by molar-refractivity contribution is 0.779. The van der Waals surface area contributed by atoms with Crippen molar-refractivity contribution in [3.05, 3.63) is 33.8 Å². The van der Waals surface area contributed by atoms with E-state index in [1.165, 1.54) is 5.56 Å². The predicted molar refractivity (Wildman–Crippen MR) is 62.0 cm³/mol. The Bertz CT molecular complexity index is 278. The molecule has 0 aliphatic heterocycles. The van der Waals surface area contributed by atoms with Gasteiger partial charge in [-0.3, -0.25) is 0 Å². The largest absolute Gasteiger partial charge is 0.307 e. The number of alkyl halides is 1. The monoisotopic (exact) mass is 281 g/mol. The van der Waals surface area contributed by atoms with Crippen LogP contribution in [0.15, 0.2) is 18.2 Å². The van der Waals surface area contributed by atoms with Gasteiger partial charge in [0.05, 0.1) is 15.5 Å². The van der Waals surface area contributed by atoms with Crippen LogP contribution in [-0.2, 0) is 6.42 Å². The molecule has 0 heterocycles. The molecule has 1 nitrogen and oxygen atoms in total. The Hall–Kier alpha value is 0.240. The third-order valence-electron chi connectivity index (χ3n) is 1.67. The lowest BCUT2D eigenvalue weighted by atomic mass is 10.1. The molecule has 0 bridgehead atoms. The summed E-state index contributed by atoms with van der Waals surface area (Å²) in [5.41, 5.74) is 2.01. The van der Waals surface area contributed by atoms with E-state index in [-0.39, 0.29) is 0 Å². The molecule has 0 atom stereocenters. The number of hydrogen-bond acceptors (Lipinski definition) is 1. The van der Waals surface area contributed by atoms with Crippen LogP contribution in [0.5, 0.6) is 0 Å². The standard InChI is InChI=1S/C9H10BrCl2N/c10-6-13-4-3-7-1-2-8(11)9(12)5-7/h1-2,5,13H,3-4,6H2. The number of benzene rings is 1. The van der Waals surface area contributed by atoms with E-state index < -0.39 is 0 Å². The van der Waals surface area contributed by atoms with Gasteiger partial charge < -0.3 is 5.32 Å². The maximum atomic E-state index is 5.87. The van der Waals surface area contributed by atoms with Crippen molar-refractivity contribution in [1.82, 2.24) is 5.32 Å². The first kappa shape index (κ1) is 11.3. The first-order valence-corrected chi connectivity index (χ1v) is 5.82.